The molecule has 1 aliphatic heterocycles. The molecule has 2 fully saturated rings. The average molecular weight is 313 g/mol. The van der Waals surface area contributed by atoms with Gasteiger partial charge in [-0.15, -0.1) is 0 Å². The highest BCUT2D eigenvalue weighted by atomic mass is 19.1. The van der Waals surface area contributed by atoms with Crippen LogP contribution < -0.4 is 0 Å². The lowest BCUT2D eigenvalue weighted by molar-refractivity contribution is -0.0335. The monoisotopic (exact) mass is 313 g/mol. The third-order valence-electron chi connectivity index (χ3n) is 4.50. The maximum absolute atomic E-state index is 14.0. The van der Waals surface area contributed by atoms with Crippen LogP contribution in [0.5, 0.6) is 0 Å². The maximum Gasteiger partial charge on any atom is 0.132 e. The van der Waals surface area contributed by atoms with Crippen LogP contribution in [0.15, 0.2) is 36.7 Å². The van der Waals surface area contributed by atoms with E-state index >= 15 is 0 Å². The van der Waals surface area contributed by atoms with Crippen LogP contribution in [0.25, 0.3) is 11.3 Å². The van der Waals surface area contributed by atoms with Gasteiger partial charge in [-0.3, -0.25) is 9.88 Å². The summed E-state index contributed by atoms with van der Waals surface area (Å²) in [4.78, 5) is 11.3. The summed E-state index contributed by atoms with van der Waals surface area (Å²) in [6, 6.07) is 6.65. The third-order valence-corrected chi connectivity index (χ3v) is 4.50. The Morgan fingerprint density at radius 2 is 2.09 bits per heavy atom. The van der Waals surface area contributed by atoms with E-state index in [1.54, 1.807) is 30.6 Å². The zero-order valence-electron chi connectivity index (χ0n) is 13.0. The second-order valence-corrected chi connectivity index (χ2v) is 6.37. The fraction of sp³-hybridized carbons (Fsp3) is 0.444. The van der Waals surface area contributed by atoms with Crippen molar-refractivity contribution in [2.75, 3.05) is 26.2 Å². The van der Waals surface area contributed by atoms with Gasteiger partial charge in [0.15, 0.2) is 0 Å². The van der Waals surface area contributed by atoms with Gasteiger partial charge in [0.2, 0.25) is 0 Å². The Bertz CT molecular complexity index is 689. The minimum Gasteiger partial charge on any atom is -0.369 e. The number of hydrogen-bond acceptors (Lipinski definition) is 4. The number of morpholine rings is 1. The Kier molecular flexibility index (Phi) is 4.06. The molecule has 2 heterocycles. The van der Waals surface area contributed by atoms with Crippen LogP contribution in [-0.2, 0) is 4.74 Å². The second kappa shape index (κ2) is 6.34. The van der Waals surface area contributed by atoms with Gasteiger partial charge in [-0.1, -0.05) is 12.1 Å². The van der Waals surface area contributed by atoms with Gasteiger partial charge in [0.1, 0.15) is 11.9 Å². The molecule has 1 saturated carbocycles. The number of benzene rings is 1. The topological polar surface area (TPSA) is 38.2 Å². The largest absolute Gasteiger partial charge is 0.369 e. The molecule has 23 heavy (non-hydrogen) atoms. The van der Waals surface area contributed by atoms with Crippen molar-refractivity contribution in [3.63, 3.8) is 0 Å². The second-order valence-electron chi connectivity index (χ2n) is 6.37. The predicted molar refractivity (Wildman–Crippen MR) is 85.3 cm³/mol. The van der Waals surface area contributed by atoms with Crippen molar-refractivity contribution in [1.29, 1.82) is 0 Å². The van der Waals surface area contributed by atoms with E-state index < -0.39 is 0 Å². The molecule has 2 aromatic rings. The highest BCUT2D eigenvalue weighted by Gasteiger charge is 2.29. The molecule has 0 bridgehead atoms. The molecule has 1 aromatic heterocycles. The molecule has 0 amide bonds. The molecule has 0 spiro atoms. The van der Waals surface area contributed by atoms with E-state index in [4.69, 9.17) is 4.74 Å². The number of nitrogens with zero attached hydrogens (tertiary/aromatic N) is 3. The molecule has 1 saturated heterocycles. The van der Waals surface area contributed by atoms with E-state index in [9.17, 15) is 4.39 Å². The number of halogens is 1. The third kappa shape index (κ3) is 3.41. The van der Waals surface area contributed by atoms with Crippen molar-refractivity contribution in [1.82, 2.24) is 14.9 Å². The Labute approximate surface area is 135 Å². The minimum absolute atomic E-state index is 0.0817. The lowest BCUT2D eigenvalue weighted by atomic mass is 10.1. The molecule has 120 valence electrons. The van der Waals surface area contributed by atoms with E-state index in [0.717, 1.165) is 31.2 Å². The summed E-state index contributed by atoms with van der Waals surface area (Å²) in [6.45, 7) is 3.68. The molecular weight excluding hydrogens is 293 g/mol. The summed E-state index contributed by atoms with van der Waals surface area (Å²) in [5.74, 6) is 0.587. The highest BCUT2D eigenvalue weighted by Crippen LogP contribution is 2.31. The first kappa shape index (κ1) is 14.7. The first-order valence-corrected chi connectivity index (χ1v) is 8.20. The smallest absolute Gasteiger partial charge is 0.132 e. The molecule has 4 nitrogen and oxygen atoms in total. The molecule has 1 aromatic carbocycles. The fourth-order valence-electron chi connectivity index (χ4n) is 3.05. The molecule has 0 radical (unpaired) electrons. The molecular formula is C18H20FN3O. The molecule has 1 aliphatic carbocycles. The van der Waals surface area contributed by atoms with Crippen molar-refractivity contribution >= 4 is 0 Å². The van der Waals surface area contributed by atoms with Crippen molar-refractivity contribution in [3.05, 3.63) is 48.2 Å². The molecule has 1 unspecified atom stereocenters. The van der Waals surface area contributed by atoms with E-state index in [1.807, 2.05) is 0 Å². The molecule has 1 atom stereocenters. The van der Waals surface area contributed by atoms with Gasteiger partial charge in [-0.25, -0.2) is 9.37 Å². The summed E-state index contributed by atoms with van der Waals surface area (Å²) < 4.78 is 19.8. The van der Waals surface area contributed by atoms with Gasteiger partial charge in [-0.05, 0) is 30.9 Å². The van der Waals surface area contributed by atoms with Crippen LogP contribution in [0, 0.1) is 11.7 Å². The standard InChI is InChI=1S/C18H20FN3O/c19-15-4-2-1-3-14(15)16-9-20-10-17(21-16)18-12-22(7-8-23-18)11-13-5-6-13/h1-4,9-10,13,18H,5-8,11-12H2. The predicted octanol–water partition coefficient (Wildman–Crippen LogP) is 3.07. The van der Waals surface area contributed by atoms with Crippen LogP contribution in [0.4, 0.5) is 4.39 Å². The Morgan fingerprint density at radius 1 is 1.22 bits per heavy atom. The lowest BCUT2D eigenvalue weighted by Gasteiger charge is -2.32. The highest BCUT2D eigenvalue weighted by molar-refractivity contribution is 5.58. The Balaban J connectivity index is 1.54. The van der Waals surface area contributed by atoms with Crippen molar-refractivity contribution in [3.8, 4) is 11.3 Å². The first-order chi connectivity index (χ1) is 11.3. The van der Waals surface area contributed by atoms with Gasteiger partial charge in [0, 0.05) is 25.2 Å². The van der Waals surface area contributed by atoms with Crippen LogP contribution in [0.2, 0.25) is 0 Å². The number of aromatic nitrogens is 2. The Morgan fingerprint density at radius 3 is 2.91 bits per heavy atom. The fourth-order valence-corrected chi connectivity index (χ4v) is 3.05. The molecule has 4 rings (SSSR count). The molecule has 5 heteroatoms. The summed E-state index contributed by atoms with van der Waals surface area (Å²) in [5.41, 5.74) is 1.82. The van der Waals surface area contributed by atoms with E-state index in [1.165, 1.54) is 18.9 Å². The van der Waals surface area contributed by atoms with Gasteiger partial charge >= 0.3 is 0 Å². The number of ether oxygens (including phenoxy) is 1. The van der Waals surface area contributed by atoms with Gasteiger partial charge in [0.05, 0.1) is 30.4 Å². The molecule has 0 N–H and O–H groups in total. The summed E-state index contributed by atoms with van der Waals surface area (Å²) in [6.07, 6.45) is 5.96. The summed E-state index contributed by atoms with van der Waals surface area (Å²) >= 11 is 0. The van der Waals surface area contributed by atoms with Gasteiger partial charge < -0.3 is 4.74 Å². The SMILES string of the molecule is Fc1ccccc1-c1cncc(C2CN(CC3CC3)CCO2)n1. The zero-order chi connectivity index (χ0) is 15.6. The van der Waals surface area contributed by atoms with Crippen molar-refractivity contribution in [2.24, 2.45) is 5.92 Å². The number of rotatable bonds is 4. The van der Waals surface area contributed by atoms with Gasteiger partial charge in [-0.2, -0.15) is 0 Å². The van der Waals surface area contributed by atoms with Crippen LogP contribution >= 0.6 is 0 Å². The van der Waals surface area contributed by atoms with E-state index in [-0.39, 0.29) is 11.9 Å². The van der Waals surface area contributed by atoms with Crippen LogP contribution in [0.1, 0.15) is 24.6 Å². The maximum atomic E-state index is 14.0. The first-order valence-electron chi connectivity index (χ1n) is 8.20. The normalized spacial score (nSPS) is 22.2. The summed E-state index contributed by atoms with van der Waals surface area (Å²) in [7, 11) is 0. The zero-order valence-corrected chi connectivity index (χ0v) is 13.0. The lowest BCUT2D eigenvalue weighted by Crippen LogP contribution is -2.39. The summed E-state index contributed by atoms with van der Waals surface area (Å²) in [5, 5.41) is 0. The van der Waals surface area contributed by atoms with E-state index in [0.29, 0.717) is 17.9 Å². The quantitative estimate of drug-likeness (QED) is 0.869. The minimum atomic E-state index is -0.279. The van der Waals surface area contributed by atoms with Crippen molar-refractivity contribution in [2.45, 2.75) is 18.9 Å². The molecule has 2 aliphatic rings. The number of hydrogen-bond donors (Lipinski definition) is 0. The van der Waals surface area contributed by atoms with E-state index in [2.05, 4.69) is 14.9 Å². The van der Waals surface area contributed by atoms with Crippen LogP contribution in [0.3, 0.4) is 0 Å². The average Bonchev–Trinajstić information content (AvgIpc) is 3.40. The van der Waals surface area contributed by atoms with Gasteiger partial charge in [0.25, 0.3) is 0 Å². The van der Waals surface area contributed by atoms with Crippen LogP contribution in [-0.4, -0.2) is 41.1 Å². The van der Waals surface area contributed by atoms with Crippen molar-refractivity contribution < 1.29 is 9.13 Å². The Hall–Kier alpha value is -1.85.